The van der Waals surface area contributed by atoms with Crippen LogP contribution in [0.25, 0.3) is 44.5 Å². The van der Waals surface area contributed by atoms with Gasteiger partial charge in [-0.05, 0) is 47.6 Å². The molecule has 38 heavy (non-hydrogen) atoms. The molecule has 0 saturated heterocycles. The molecule has 0 atom stereocenters. The third-order valence-corrected chi connectivity index (χ3v) is 6.50. The number of rotatable bonds is 3. The third kappa shape index (κ3) is 5.26. The van der Waals surface area contributed by atoms with E-state index in [1.165, 1.54) is 10.9 Å². The first-order valence-corrected chi connectivity index (χ1v) is 12.6. The van der Waals surface area contributed by atoms with E-state index in [9.17, 15) is 0 Å². The molecular weight excluding hydrogens is 647 g/mol. The van der Waals surface area contributed by atoms with Crippen LogP contribution < -0.4 is 9.72 Å². The number of pyridine rings is 2. The molecule has 0 N–H and O–H groups in total. The van der Waals surface area contributed by atoms with Crippen molar-refractivity contribution in [3.63, 3.8) is 0 Å². The molecule has 1 radical (unpaired) electrons. The molecule has 0 fully saturated rings. The number of fused-ring (bicyclic) bond motifs is 5. The van der Waals surface area contributed by atoms with Crippen LogP contribution in [0.1, 0.15) is 25.0 Å². The van der Waals surface area contributed by atoms with Crippen molar-refractivity contribution in [2.24, 2.45) is 5.92 Å². The molecule has 1 aliphatic heterocycles. The molecule has 5 heteroatoms. The van der Waals surface area contributed by atoms with E-state index in [4.69, 9.17) is 9.72 Å². The maximum Gasteiger partial charge on any atom is 0.104 e. The van der Waals surface area contributed by atoms with Gasteiger partial charge in [-0.1, -0.05) is 67.9 Å². The van der Waals surface area contributed by atoms with Crippen molar-refractivity contribution >= 4 is 21.8 Å². The standard InChI is InChI=1S/C20H18NO.C13H9N2.Ir/c1-13(2)10-14-7-5-9-18-17(14)11-19-20(21-18)16-8-4-3-6-15(16)12-22-19;1-2-6-11-10(5-1)9-13(15-11)12-7-3-4-8-14-12;/h3-7,9,11,13H,10,12H2,1-2H3;1-9H;/q2*-1;. The second kappa shape index (κ2) is 11.3. The van der Waals surface area contributed by atoms with Gasteiger partial charge in [-0.3, -0.25) is 9.97 Å². The van der Waals surface area contributed by atoms with Crippen LogP contribution in [0.4, 0.5) is 0 Å². The van der Waals surface area contributed by atoms with E-state index in [0.717, 1.165) is 56.8 Å². The second-order valence-corrected chi connectivity index (χ2v) is 9.69. The van der Waals surface area contributed by atoms with Gasteiger partial charge in [0.05, 0.1) is 12.1 Å². The smallest absolute Gasteiger partial charge is 0.104 e. The Balaban J connectivity index is 0.000000161. The molecule has 0 bridgehead atoms. The summed E-state index contributed by atoms with van der Waals surface area (Å²) in [5, 5.41) is 2.37. The van der Waals surface area contributed by atoms with E-state index < -0.39 is 0 Å². The van der Waals surface area contributed by atoms with Crippen molar-refractivity contribution < 1.29 is 24.8 Å². The van der Waals surface area contributed by atoms with Crippen LogP contribution in [0.5, 0.6) is 5.75 Å². The Morgan fingerprint density at radius 1 is 0.947 bits per heavy atom. The van der Waals surface area contributed by atoms with Crippen molar-refractivity contribution in [1.82, 2.24) is 15.0 Å². The average Bonchev–Trinajstić information content (AvgIpc) is 3.37. The molecule has 0 unspecified atom stereocenters. The van der Waals surface area contributed by atoms with Crippen LogP contribution in [0, 0.1) is 12.0 Å². The molecule has 3 aromatic carbocycles. The van der Waals surface area contributed by atoms with Crippen LogP contribution in [0.3, 0.4) is 0 Å². The minimum Gasteiger partial charge on any atom is -0.656 e. The Kier molecular flexibility index (Phi) is 7.69. The summed E-state index contributed by atoms with van der Waals surface area (Å²) in [7, 11) is 0. The van der Waals surface area contributed by atoms with E-state index >= 15 is 0 Å². The molecule has 7 rings (SSSR count). The fourth-order valence-electron chi connectivity index (χ4n) is 4.78. The fraction of sp³-hybridized carbons (Fsp3) is 0.152. The molecule has 3 aromatic heterocycles. The van der Waals surface area contributed by atoms with E-state index in [-0.39, 0.29) is 20.1 Å². The Hall–Kier alpha value is -3.79. The number of para-hydroxylation sites is 1. The van der Waals surface area contributed by atoms with Crippen LogP contribution in [-0.2, 0) is 33.1 Å². The summed E-state index contributed by atoms with van der Waals surface area (Å²) in [6.07, 6.45) is 2.84. The molecule has 6 aromatic rings. The summed E-state index contributed by atoms with van der Waals surface area (Å²) in [6, 6.07) is 33.9. The van der Waals surface area contributed by atoms with Gasteiger partial charge in [-0.25, -0.2) is 0 Å². The Labute approximate surface area is 236 Å². The van der Waals surface area contributed by atoms with Gasteiger partial charge in [0.25, 0.3) is 0 Å². The molecular formula is C33H27IrN3O-2. The third-order valence-electron chi connectivity index (χ3n) is 6.50. The number of hydrogen-bond donors (Lipinski definition) is 0. The van der Waals surface area contributed by atoms with E-state index in [1.807, 2.05) is 48.5 Å². The summed E-state index contributed by atoms with van der Waals surface area (Å²) in [5.41, 5.74) is 8.40. The summed E-state index contributed by atoms with van der Waals surface area (Å²) in [4.78, 5) is 13.7. The molecule has 191 valence electrons. The molecule has 4 heterocycles. The van der Waals surface area contributed by atoms with Gasteiger partial charge in [-0.15, -0.1) is 41.0 Å². The number of benzene rings is 3. The molecule has 4 nitrogen and oxygen atoms in total. The van der Waals surface area contributed by atoms with Crippen LogP contribution in [-0.4, -0.2) is 9.97 Å². The van der Waals surface area contributed by atoms with E-state index in [1.54, 1.807) is 6.20 Å². The van der Waals surface area contributed by atoms with Crippen LogP contribution >= 0.6 is 0 Å². The van der Waals surface area contributed by atoms with Crippen molar-refractivity contribution in [2.75, 3.05) is 0 Å². The maximum atomic E-state index is 5.94. The second-order valence-electron chi connectivity index (χ2n) is 9.69. The quantitative estimate of drug-likeness (QED) is 0.181. The van der Waals surface area contributed by atoms with Gasteiger partial charge < -0.3 is 9.72 Å². The zero-order chi connectivity index (χ0) is 25.2. The first-order valence-electron chi connectivity index (χ1n) is 12.6. The van der Waals surface area contributed by atoms with Crippen LogP contribution in [0.2, 0.25) is 0 Å². The maximum absolute atomic E-state index is 5.94. The van der Waals surface area contributed by atoms with Crippen molar-refractivity contribution in [1.29, 1.82) is 0 Å². The van der Waals surface area contributed by atoms with Crippen molar-refractivity contribution in [2.45, 2.75) is 26.9 Å². The first-order chi connectivity index (χ1) is 18.2. The zero-order valence-corrected chi connectivity index (χ0v) is 23.7. The fourth-order valence-corrected chi connectivity index (χ4v) is 4.78. The number of aromatic nitrogens is 3. The molecule has 1 aliphatic rings. The molecule has 0 spiro atoms. The summed E-state index contributed by atoms with van der Waals surface area (Å²) >= 11 is 0. The topological polar surface area (TPSA) is 49.1 Å². The summed E-state index contributed by atoms with van der Waals surface area (Å²) in [6.45, 7) is 5.08. The predicted octanol–water partition coefficient (Wildman–Crippen LogP) is 7.65. The Morgan fingerprint density at radius 2 is 1.82 bits per heavy atom. The largest absolute Gasteiger partial charge is 0.656 e. The van der Waals surface area contributed by atoms with Gasteiger partial charge >= 0.3 is 0 Å². The summed E-state index contributed by atoms with van der Waals surface area (Å²) in [5.74, 6) is 1.50. The predicted molar refractivity (Wildman–Crippen MR) is 149 cm³/mol. The van der Waals surface area contributed by atoms with Gasteiger partial charge in [0.1, 0.15) is 5.75 Å². The average molecular weight is 674 g/mol. The summed E-state index contributed by atoms with van der Waals surface area (Å²) < 4.78 is 5.94. The minimum absolute atomic E-state index is 0. The zero-order valence-electron chi connectivity index (χ0n) is 21.3. The minimum atomic E-state index is 0. The van der Waals surface area contributed by atoms with Gasteiger partial charge in [0, 0.05) is 43.1 Å². The first kappa shape index (κ1) is 25.8. The van der Waals surface area contributed by atoms with Crippen LogP contribution in [0.15, 0.2) is 97.2 Å². The number of hydrogen-bond acceptors (Lipinski definition) is 3. The normalized spacial score (nSPS) is 11.7. The van der Waals surface area contributed by atoms with Gasteiger partial charge in [-0.2, -0.15) is 0 Å². The molecule has 0 saturated carbocycles. The monoisotopic (exact) mass is 674 g/mol. The van der Waals surface area contributed by atoms with Crippen molar-refractivity contribution in [3.8, 4) is 28.4 Å². The number of ether oxygens (including phenoxy) is 1. The van der Waals surface area contributed by atoms with Crippen molar-refractivity contribution in [3.05, 3.63) is 114 Å². The Bertz CT molecular complexity index is 1660. The van der Waals surface area contributed by atoms with E-state index in [2.05, 4.69) is 72.3 Å². The van der Waals surface area contributed by atoms with Gasteiger partial charge in [0.15, 0.2) is 0 Å². The number of nitrogens with zero attached hydrogens (tertiary/aromatic N) is 3. The Morgan fingerprint density at radius 3 is 2.63 bits per heavy atom. The molecule has 0 amide bonds. The SMILES string of the molecule is CC(C)Cc1cccc2nc3c(cc12)OCc1ccc[c-]c1-3.[Ir].c1ccc(-c2cc3ccccc3[n-]2)nc1. The molecule has 0 aliphatic carbocycles. The van der Waals surface area contributed by atoms with Gasteiger partial charge in [0.2, 0.25) is 0 Å². The van der Waals surface area contributed by atoms with E-state index in [0.29, 0.717) is 12.5 Å².